The van der Waals surface area contributed by atoms with E-state index < -0.39 is 37.1 Å². The molecule has 3 rings (SSSR count). The monoisotopic (exact) mass is 422 g/mol. The Kier molecular flexibility index (Phi) is 7.16. The molecule has 7 heteroatoms. The lowest BCUT2D eigenvalue weighted by molar-refractivity contribution is -0.198. The van der Waals surface area contributed by atoms with Gasteiger partial charge in [-0.05, 0) is 42.3 Å². The molecule has 1 saturated heterocycles. The van der Waals surface area contributed by atoms with E-state index in [-0.39, 0.29) is 6.42 Å². The Morgan fingerprint density at radius 3 is 2.48 bits per heavy atom. The predicted molar refractivity (Wildman–Crippen MR) is 109 cm³/mol. The molecule has 4 N–H and O–H groups in total. The second-order valence-corrected chi connectivity index (χ2v) is 7.79. The van der Waals surface area contributed by atoms with E-state index in [4.69, 9.17) is 21.1 Å². The Morgan fingerprint density at radius 1 is 1.17 bits per heavy atom. The fraction of sp³-hybridized carbons (Fsp3) is 0.455. The zero-order valence-electron chi connectivity index (χ0n) is 16.3. The number of rotatable bonds is 7. The van der Waals surface area contributed by atoms with E-state index in [1.165, 1.54) is 0 Å². The summed E-state index contributed by atoms with van der Waals surface area (Å²) in [5.41, 5.74) is 0.683. The van der Waals surface area contributed by atoms with Gasteiger partial charge in [-0.1, -0.05) is 29.8 Å². The minimum atomic E-state index is -1.20. The van der Waals surface area contributed by atoms with Gasteiger partial charge in [0, 0.05) is 23.4 Å². The van der Waals surface area contributed by atoms with Crippen LogP contribution < -0.4 is 4.74 Å². The van der Waals surface area contributed by atoms with E-state index in [0.717, 1.165) is 5.75 Å². The van der Waals surface area contributed by atoms with Crippen LogP contribution in [0.15, 0.2) is 42.5 Å². The van der Waals surface area contributed by atoms with Gasteiger partial charge in [0.1, 0.15) is 17.5 Å². The van der Waals surface area contributed by atoms with Gasteiger partial charge in [-0.15, -0.1) is 0 Å². The first-order valence-corrected chi connectivity index (χ1v) is 10.1. The average Bonchev–Trinajstić information content (AvgIpc) is 2.74. The van der Waals surface area contributed by atoms with Gasteiger partial charge in [0.2, 0.25) is 0 Å². The summed E-state index contributed by atoms with van der Waals surface area (Å²) in [4.78, 5) is 0. The Morgan fingerprint density at radius 2 is 1.86 bits per heavy atom. The zero-order chi connectivity index (χ0) is 21.0. The fourth-order valence-corrected chi connectivity index (χ4v) is 3.90. The molecule has 0 radical (unpaired) electrons. The minimum Gasteiger partial charge on any atom is -0.494 e. The van der Waals surface area contributed by atoms with Crippen LogP contribution in [0, 0.1) is 0 Å². The molecule has 0 saturated carbocycles. The standard InChI is InChI=1S/C22H27ClO6/c1-2-28-17-6-3-14(4-7-17)21(27)18-9-15(5-8-19(18)23)20-10-16(26)11-22(12-24,13-25)29-20/h3-9,16,20-21,24-27H,2,10-13H2,1H3. The van der Waals surface area contributed by atoms with Gasteiger partial charge >= 0.3 is 0 Å². The van der Waals surface area contributed by atoms with E-state index >= 15 is 0 Å². The molecule has 1 heterocycles. The van der Waals surface area contributed by atoms with E-state index in [0.29, 0.717) is 34.7 Å². The van der Waals surface area contributed by atoms with Crippen LogP contribution in [0.5, 0.6) is 5.75 Å². The highest BCUT2D eigenvalue weighted by molar-refractivity contribution is 6.31. The SMILES string of the molecule is CCOc1ccc(C(O)c2cc(C3CC(O)CC(CO)(CO)O3)ccc2Cl)cc1. The molecule has 3 atom stereocenters. The van der Waals surface area contributed by atoms with E-state index in [1.807, 2.05) is 6.92 Å². The molecule has 29 heavy (non-hydrogen) atoms. The highest BCUT2D eigenvalue weighted by Gasteiger charge is 2.41. The Hall–Kier alpha value is -1.67. The summed E-state index contributed by atoms with van der Waals surface area (Å²) in [5.74, 6) is 0.720. The van der Waals surface area contributed by atoms with E-state index in [9.17, 15) is 20.4 Å². The number of aliphatic hydroxyl groups is 4. The molecule has 0 aromatic heterocycles. The summed E-state index contributed by atoms with van der Waals surface area (Å²) in [6, 6.07) is 12.3. The van der Waals surface area contributed by atoms with Gasteiger partial charge in [0.25, 0.3) is 0 Å². The van der Waals surface area contributed by atoms with Crippen molar-refractivity contribution in [3.8, 4) is 5.75 Å². The van der Waals surface area contributed by atoms with Crippen molar-refractivity contribution in [1.82, 2.24) is 0 Å². The molecule has 0 aliphatic carbocycles. The first-order valence-electron chi connectivity index (χ1n) is 9.69. The van der Waals surface area contributed by atoms with Crippen LogP contribution in [0.25, 0.3) is 0 Å². The summed E-state index contributed by atoms with van der Waals surface area (Å²) in [5, 5.41) is 40.8. The summed E-state index contributed by atoms with van der Waals surface area (Å²) >= 11 is 6.35. The Bertz CT molecular complexity index is 805. The molecule has 1 aliphatic heterocycles. The molecule has 1 aliphatic rings. The van der Waals surface area contributed by atoms with Gasteiger partial charge in [0.15, 0.2) is 0 Å². The molecule has 0 bridgehead atoms. The molecular weight excluding hydrogens is 396 g/mol. The number of hydrogen-bond acceptors (Lipinski definition) is 6. The van der Waals surface area contributed by atoms with Gasteiger partial charge in [-0.3, -0.25) is 0 Å². The van der Waals surface area contributed by atoms with Gasteiger partial charge < -0.3 is 29.9 Å². The quantitative estimate of drug-likeness (QED) is 0.547. The van der Waals surface area contributed by atoms with Crippen molar-refractivity contribution in [3.63, 3.8) is 0 Å². The first kappa shape index (κ1) is 22.0. The van der Waals surface area contributed by atoms with Crippen molar-refractivity contribution in [3.05, 3.63) is 64.2 Å². The van der Waals surface area contributed by atoms with Crippen LogP contribution >= 0.6 is 11.6 Å². The van der Waals surface area contributed by atoms with Crippen LogP contribution in [-0.4, -0.2) is 52.0 Å². The van der Waals surface area contributed by atoms with Crippen LogP contribution in [0.1, 0.15) is 48.7 Å². The van der Waals surface area contributed by atoms with E-state index in [2.05, 4.69) is 0 Å². The second kappa shape index (κ2) is 9.43. The van der Waals surface area contributed by atoms with Crippen molar-refractivity contribution in [2.75, 3.05) is 19.8 Å². The summed E-state index contributed by atoms with van der Waals surface area (Å²) < 4.78 is 11.4. The lowest BCUT2D eigenvalue weighted by Gasteiger charge is -2.41. The molecular formula is C22H27ClO6. The summed E-state index contributed by atoms with van der Waals surface area (Å²) in [6.07, 6.45) is -1.73. The Balaban J connectivity index is 1.87. The lowest BCUT2D eigenvalue weighted by Crippen LogP contribution is -2.48. The van der Waals surface area contributed by atoms with Gasteiger partial charge in [0.05, 0.1) is 32.0 Å². The maximum Gasteiger partial charge on any atom is 0.119 e. The third kappa shape index (κ3) is 4.91. The summed E-state index contributed by atoms with van der Waals surface area (Å²) in [6.45, 7) is 1.67. The second-order valence-electron chi connectivity index (χ2n) is 7.38. The van der Waals surface area contributed by atoms with Gasteiger partial charge in [-0.2, -0.15) is 0 Å². The van der Waals surface area contributed by atoms with Crippen LogP contribution in [-0.2, 0) is 4.74 Å². The highest BCUT2D eigenvalue weighted by atomic mass is 35.5. The van der Waals surface area contributed by atoms with Crippen molar-refractivity contribution in [2.45, 2.75) is 43.7 Å². The predicted octanol–water partition coefficient (Wildman–Crippen LogP) is 2.76. The number of benzene rings is 2. The van der Waals surface area contributed by atoms with Crippen molar-refractivity contribution in [2.24, 2.45) is 0 Å². The molecule has 1 fully saturated rings. The van der Waals surface area contributed by atoms with E-state index in [1.54, 1.807) is 42.5 Å². The normalized spacial score (nSPS) is 22.3. The third-order valence-electron chi connectivity index (χ3n) is 5.26. The number of aliphatic hydroxyl groups excluding tert-OH is 4. The molecule has 6 nitrogen and oxygen atoms in total. The topological polar surface area (TPSA) is 99.4 Å². The minimum absolute atomic E-state index is 0.158. The van der Waals surface area contributed by atoms with Crippen LogP contribution in [0.4, 0.5) is 0 Å². The molecule has 158 valence electrons. The fourth-order valence-electron chi connectivity index (χ4n) is 3.68. The van der Waals surface area contributed by atoms with Crippen molar-refractivity contribution in [1.29, 1.82) is 0 Å². The maximum atomic E-state index is 10.9. The zero-order valence-corrected chi connectivity index (χ0v) is 17.0. The lowest BCUT2D eigenvalue weighted by atomic mass is 9.87. The maximum absolute atomic E-state index is 10.9. The molecule has 3 unspecified atom stereocenters. The molecule has 2 aromatic rings. The molecule has 0 spiro atoms. The summed E-state index contributed by atoms with van der Waals surface area (Å²) in [7, 11) is 0. The van der Waals surface area contributed by atoms with Gasteiger partial charge in [-0.25, -0.2) is 0 Å². The first-order chi connectivity index (χ1) is 13.9. The Labute approximate surface area is 175 Å². The molecule has 2 aromatic carbocycles. The van der Waals surface area contributed by atoms with Crippen molar-refractivity contribution >= 4 is 11.6 Å². The van der Waals surface area contributed by atoms with Crippen LogP contribution in [0.2, 0.25) is 5.02 Å². The number of hydrogen-bond donors (Lipinski definition) is 4. The highest BCUT2D eigenvalue weighted by Crippen LogP contribution is 2.39. The number of halogens is 1. The number of ether oxygens (including phenoxy) is 2. The third-order valence-corrected chi connectivity index (χ3v) is 5.60. The average molecular weight is 423 g/mol. The van der Waals surface area contributed by atoms with Crippen molar-refractivity contribution < 1.29 is 29.9 Å². The smallest absolute Gasteiger partial charge is 0.119 e. The largest absolute Gasteiger partial charge is 0.494 e. The van der Waals surface area contributed by atoms with Crippen LogP contribution in [0.3, 0.4) is 0 Å². The molecule has 0 amide bonds.